The number of hydrogen-bond acceptors (Lipinski definition) is 4. The second kappa shape index (κ2) is 7.38. The average molecular weight is 352 g/mol. The average Bonchev–Trinajstić information content (AvgIpc) is 2.58. The summed E-state index contributed by atoms with van der Waals surface area (Å²) in [5, 5.41) is 0. The van der Waals surface area contributed by atoms with Crippen LogP contribution < -0.4 is 4.74 Å². The zero-order valence-corrected chi connectivity index (χ0v) is 13.5. The van der Waals surface area contributed by atoms with Crippen molar-refractivity contribution >= 4 is 11.8 Å². The SMILES string of the molecule is COC(=O)c1cccc(COc2ccc(C(C)=O)c(C(F)(F)F)c2)c1. The smallest absolute Gasteiger partial charge is 0.417 e. The molecule has 0 spiro atoms. The van der Waals surface area contributed by atoms with Gasteiger partial charge in [-0.15, -0.1) is 0 Å². The van der Waals surface area contributed by atoms with Gasteiger partial charge in [-0.2, -0.15) is 13.2 Å². The van der Waals surface area contributed by atoms with Gasteiger partial charge in [0.25, 0.3) is 0 Å². The van der Waals surface area contributed by atoms with Crippen LogP contribution in [0.15, 0.2) is 42.5 Å². The van der Waals surface area contributed by atoms with E-state index in [-0.39, 0.29) is 12.4 Å². The summed E-state index contributed by atoms with van der Waals surface area (Å²) < 4.78 is 49.2. The van der Waals surface area contributed by atoms with Crippen LogP contribution in [0.1, 0.15) is 38.8 Å². The van der Waals surface area contributed by atoms with Crippen molar-refractivity contribution in [2.24, 2.45) is 0 Å². The molecule has 0 fully saturated rings. The number of hydrogen-bond donors (Lipinski definition) is 0. The van der Waals surface area contributed by atoms with Crippen LogP contribution in [0, 0.1) is 0 Å². The molecular formula is C18H15F3O4. The summed E-state index contributed by atoms with van der Waals surface area (Å²) in [6.07, 6.45) is -4.66. The molecule has 0 unspecified atom stereocenters. The van der Waals surface area contributed by atoms with Crippen molar-refractivity contribution in [3.8, 4) is 5.75 Å². The van der Waals surface area contributed by atoms with Crippen LogP contribution in [-0.4, -0.2) is 18.9 Å². The Hall–Kier alpha value is -2.83. The Morgan fingerprint density at radius 3 is 2.40 bits per heavy atom. The molecule has 0 aromatic heterocycles. The zero-order valence-electron chi connectivity index (χ0n) is 13.5. The van der Waals surface area contributed by atoms with Crippen molar-refractivity contribution < 1.29 is 32.2 Å². The normalized spacial score (nSPS) is 11.1. The zero-order chi connectivity index (χ0) is 18.6. The number of rotatable bonds is 5. The van der Waals surface area contributed by atoms with Gasteiger partial charge in [-0.05, 0) is 42.8 Å². The maximum Gasteiger partial charge on any atom is 0.417 e. The quantitative estimate of drug-likeness (QED) is 0.596. The molecule has 0 radical (unpaired) electrons. The summed E-state index contributed by atoms with van der Waals surface area (Å²) in [5.41, 5.74) is -0.549. The molecular weight excluding hydrogens is 337 g/mol. The molecule has 0 aliphatic rings. The van der Waals surface area contributed by atoms with Crippen LogP contribution in [0.4, 0.5) is 13.2 Å². The molecule has 25 heavy (non-hydrogen) atoms. The van der Waals surface area contributed by atoms with E-state index < -0.39 is 29.1 Å². The highest BCUT2D eigenvalue weighted by Crippen LogP contribution is 2.34. The highest BCUT2D eigenvalue weighted by atomic mass is 19.4. The highest BCUT2D eigenvalue weighted by Gasteiger charge is 2.34. The van der Waals surface area contributed by atoms with E-state index >= 15 is 0 Å². The molecule has 0 aliphatic carbocycles. The van der Waals surface area contributed by atoms with E-state index in [1.54, 1.807) is 18.2 Å². The standard InChI is InChI=1S/C18H15F3O4/c1-11(22)15-7-6-14(9-16(15)18(19,20)21)25-10-12-4-3-5-13(8-12)17(23)24-2/h3-9H,10H2,1-2H3. The number of alkyl halides is 3. The third-order valence-corrected chi connectivity index (χ3v) is 3.43. The van der Waals surface area contributed by atoms with Crippen LogP contribution in [0.5, 0.6) is 5.75 Å². The summed E-state index contributed by atoms with van der Waals surface area (Å²) in [6.45, 7) is 1.03. The van der Waals surface area contributed by atoms with Gasteiger partial charge in [0.15, 0.2) is 5.78 Å². The van der Waals surface area contributed by atoms with E-state index in [2.05, 4.69) is 4.74 Å². The van der Waals surface area contributed by atoms with E-state index in [1.807, 2.05) is 0 Å². The van der Waals surface area contributed by atoms with Gasteiger partial charge < -0.3 is 9.47 Å². The molecule has 0 saturated heterocycles. The Bertz CT molecular complexity index is 797. The number of ketones is 1. The fourth-order valence-electron chi connectivity index (χ4n) is 2.23. The minimum atomic E-state index is -4.66. The summed E-state index contributed by atoms with van der Waals surface area (Å²) in [4.78, 5) is 22.8. The third kappa shape index (κ3) is 4.59. The fraction of sp³-hybridized carbons (Fsp3) is 0.222. The molecule has 4 nitrogen and oxygen atoms in total. The Morgan fingerprint density at radius 2 is 1.80 bits per heavy atom. The van der Waals surface area contributed by atoms with Gasteiger partial charge in [0, 0.05) is 5.56 Å². The number of benzene rings is 2. The molecule has 0 atom stereocenters. The van der Waals surface area contributed by atoms with E-state index in [4.69, 9.17) is 4.74 Å². The second-order valence-corrected chi connectivity index (χ2v) is 5.24. The molecule has 7 heteroatoms. The van der Waals surface area contributed by atoms with Gasteiger partial charge in [-0.3, -0.25) is 4.79 Å². The number of carbonyl (C=O) groups is 2. The molecule has 0 bridgehead atoms. The fourth-order valence-corrected chi connectivity index (χ4v) is 2.23. The molecule has 2 aromatic rings. The first kappa shape index (κ1) is 18.5. The first-order chi connectivity index (χ1) is 11.7. The largest absolute Gasteiger partial charge is 0.489 e. The topological polar surface area (TPSA) is 52.6 Å². The first-order valence-electron chi connectivity index (χ1n) is 7.24. The number of carbonyl (C=O) groups excluding carboxylic acids is 2. The molecule has 0 aliphatic heterocycles. The number of methoxy groups -OCH3 is 1. The molecule has 0 N–H and O–H groups in total. The van der Waals surface area contributed by atoms with Crippen LogP contribution in [0.25, 0.3) is 0 Å². The molecule has 0 amide bonds. The van der Waals surface area contributed by atoms with Crippen molar-refractivity contribution in [2.75, 3.05) is 7.11 Å². The molecule has 2 aromatic carbocycles. The van der Waals surface area contributed by atoms with E-state index in [1.165, 1.54) is 19.2 Å². The highest BCUT2D eigenvalue weighted by molar-refractivity contribution is 5.96. The lowest BCUT2D eigenvalue weighted by atomic mass is 10.0. The van der Waals surface area contributed by atoms with E-state index in [0.717, 1.165) is 19.1 Å². The number of esters is 1. The first-order valence-corrected chi connectivity index (χ1v) is 7.24. The summed E-state index contributed by atoms with van der Waals surface area (Å²) >= 11 is 0. The molecule has 0 saturated carbocycles. The molecule has 132 valence electrons. The molecule has 2 rings (SSSR count). The van der Waals surface area contributed by atoms with Crippen molar-refractivity contribution in [1.29, 1.82) is 0 Å². The Morgan fingerprint density at radius 1 is 1.08 bits per heavy atom. The van der Waals surface area contributed by atoms with Crippen molar-refractivity contribution in [3.63, 3.8) is 0 Å². The van der Waals surface area contributed by atoms with Gasteiger partial charge in [-0.1, -0.05) is 12.1 Å². The van der Waals surface area contributed by atoms with Crippen molar-refractivity contribution in [2.45, 2.75) is 19.7 Å². The monoisotopic (exact) mass is 352 g/mol. The Labute approximate surface area is 142 Å². The Kier molecular flexibility index (Phi) is 5.46. The number of Topliss-reactive ketones (excluding diaryl/α,β-unsaturated/α-hetero) is 1. The minimum Gasteiger partial charge on any atom is -0.489 e. The Balaban J connectivity index is 2.21. The number of halogens is 3. The van der Waals surface area contributed by atoms with Crippen LogP contribution >= 0.6 is 0 Å². The maximum atomic E-state index is 13.1. The predicted octanol–water partition coefficient (Wildman–Crippen LogP) is 4.27. The van der Waals surface area contributed by atoms with Gasteiger partial charge in [0.2, 0.25) is 0 Å². The van der Waals surface area contributed by atoms with E-state index in [0.29, 0.717) is 11.1 Å². The van der Waals surface area contributed by atoms with Gasteiger partial charge >= 0.3 is 12.1 Å². The van der Waals surface area contributed by atoms with Gasteiger partial charge in [0.05, 0.1) is 18.2 Å². The number of ether oxygens (including phenoxy) is 2. The lowest BCUT2D eigenvalue weighted by molar-refractivity contribution is -0.138. The lowest BCUT2D eigenvalue weighted by Gasteiger charge is -2.14. The minimum absolute atomic E-state index is 0.0270. The second-order valence-electron chi connectivity index (χ2n) is 5.24. The summed E-state index contributed by atoms with van der Waals surface area (Å²) in [5.74, 6) is -1.22. The summed E-state index contributed by atoms with van der Waals surface area (Å²) in [6, 6.07) is 9.55. The van der Waals surface area contributed by atoms with Crippen molar-refractivity contribution in [3.05, 3.63) is 64.7 Å². The van der Waals surface area contributed by atoms with Gasteiger partial charge in [0.1, 0.15) is 12.4 Å². The predicted molar refractivity (Wildman–Crippen MR) is 83.6 cm³/mol. The van der Waals surface area contributed by atoms with Crippen molar-refractivity contribution in [1.82, 2.24) is 0 Å². The molecule has 0 heterocycles. The van der Waals surface area contributed by atoms with Crippen LogP contribution in [0.2, 0.25) is 0 Å². The third-order valence-electron chi connectivity index (χ3n) is 3.43. The lowest BCUT2D eigenvalue weighted by Crippen LogP contribution is -2.12. The summed E-state index contributed by atoms with van der Waals surface area (Å²) in [7, 11) is 1.25. The van der Waals surface area contributed by atoms with Crippen LogP contribution in [-0.2, 0) is 17.5 Å². The van der Waals surface area contributed by atoms with Crippen LogP contribution in [0.3, 0.4) is 0 Å². The van der Waals surface area contributed by atoms with Gasteiger partial charge in [-0.25, -0.2) is 4.79 Å². The maximum absolute atomic E-state index is 13.1. The van der Waals surface area contributed by atoms with E-state index in [9.17, 15) is 22.8 Å².